The molecule has 3 nitrogen and oxygen atoms in total. The van der Waals surface area contributed by atoms with Crippen molar-refractivity contribution in [3.05, 3.63) is 17.7 Å². The highest BCUT2D eigenvalue weighted by atomic mass is 15.0. The van der Waals surface area contributed by atoms with E-state index in [4.69, 9.17) is 0 Å². The van der Waals surface area contributed by atoms with Crippen LogP contribution in [0.5, 0.6) is 0 Å². The van der Waals surface area contributed by atoms with E-state index in [0.717, 1.165) is 18.1 Å². The number of aromatic amines is 1. The first-order valence-corrected chi connectivity index (χ1v) is 4.86. The standard InChI is InChI=1S/C10H19N3/c1-7(2)10-12-6-9(13-10)5-11-8(3)4/h6-8,11H,5H2,1-4H3,(H,12,13). The quantitative estimate of drug-likeness (QED) is 0.746. The number of aromatic nitrogens is 2. The van der Waals surface area contributed by atoms with E-state index in [0.29, 0.717) is 12.0 Å². The molecule has 0 radical (unpaired) electrons. The minimum atomic E-state index is 0.479. The average molecular weight is 181 g/mol. The van der Waals surface area contributed by atoms with Crippen LogP contribution >= 0.6 is 0 Å². The second kappa shape index (κ2) is 4.42. The Labute approximate surface area is 80.0 Å². The van der Waals surface area contributed by atoms with Crippen LogP contribution in [0.4, 0.5) is 0 Å². The van der Waals surface area contributed by atoms with Crippen molar-refractivity contribution in [3.63, 3.8) is 0 Å². The van der Waals surface area contributed by atoms with E-state index in [1.54, 1.807) is 0 Å². The van der Waals surface area contributed by atoms with Gasteiger partial charge >= 0.3 is 0 Å². The van der Waals surface area contributed by atoms with Gasteiger partial charge in [-0.1, -0.05) is 27.7 Å². The van der Waals surface area contributed by atoms with Crippen LogP contribution in [-0.4, -0.2) is 16.0 Å². The molecule has 0 aliphatic rings. The van der Waals surface area contributed by atoms with E-state index in [2.05, 4.69) is 43.0 Å². The normalized spacial score (nSPS) is 11.5. The van der Waals surface area contributed by atoms with Gasteiger partial charge in [-0.3, -0.25) is 0 Å². The van der Waals surface area contributed by atoms with Gasteiger partial charge in [-0.15, -0.1) is 0 Å². The van der Waals surface area contributed by atoms with Crippen molar-refractivity contribution in [2.45, 2.75) is 46.2 Å². The summed E-state index contributed by atoms with van der Waals surface area (Å²) < 4.78 is 0. The Kier molecular flexibility index (Phi) is 3.48. The molecular formula is C10H19N3. The molecule has 2 N–H and O–H groups in total. The summed E-state index contributed by atoms with van der Waals surface area (Å²) in [5, 5.41) is 3.34. The zero-order chi connectivity index (χ0) is 9.84. The van der Waals surface area contributed by atoms with Gasteiger partial charge in [0.25, 0.3) is 0 Å². The van der Waals surface area contributed by atoms with Crippen molar-refractivity contribution in [2.24, 2.45) is 0 Å². The molecule has 1 heterocycles. The second-order valence-corrected chi connectivity index (χ2v) is 3.98. The van der Waals surface area contributed by atoms with Gasteiger partial charge in [0.15, 0.2) is 0 Å². The molecule has 0 atom stereocenters. The molecule has 3 heteroatoms. The summed E-state index contributed by atoms with van der Waals surface area (Å²) in [6, 6.07) is 0.519. The monoisotopic (exact) mass is 181 g/mol. The van der Waals surface area contributed by atoms with Crippen LogP contribution in [0, 0.1) is 0 Å². The predicted octanol–water partition coefficient (Wildman–Crippen LogP) is 2.03. The molecule has 0 saturated carbocycles. The lowest BCUT2D eigenvalue weighted by Gasteiger charge is -2.05. The van der Waals surface area contributed by atoms with Crippen molar-refractivity contribution >= 4 is 0 Å². The minimum absolute atomic E-state index is 0.479. The van der Waals surface area contributed by atoms with Crippen LogP contribution in [0.2, 0.25) is 0 Å². The highest BCUT2D eigenvalue weighted by Crippen LogP contribution is 2.09. The Hall–Kier alpha value is -0.830. The molecule has 0 aromatic carbocycles. The Morgan fingerprint density at radius 2 is 2.08 bits per heavy atom. The van der Waals surface area contributed by atoms with Gasteiger partial charge in [-0.2, -0.15) is 0 Å². The zero-order valence-electron chi connectivity index (χ0n) is 8.89. The van der Waals surface area contributed by atoms with E-state index in [1.807, 2.05) is 6.20 Å². The first kappa shape index (κ1) is 10.3. The molecule has 0 bridgehead atoms. The Bertz CT molecular complexity index is 250. The molecule has 0 aliphatic carbocycles. The molecule has 0 unspecified atom stereocenters. The molecule has 0 fully saturated rings. The second-order valence-electron chi connectivity index (χ2n) is 3.98. The summed E-state index contributed by atoms with van der Waals surface area (Å²) in [4.78, 5) is 7.59. The smallest absolute Gasteiger partial charge is 0.108 e. The van der Waals surface area contributed by atoms with Gasteiger partial charge in [0.2, 0.25) is 0 Å². The summed E-state index contributed by atoms with van der Waals surface area (Å²) >= 11 is 0. The van der Waals surface area contributed by atoms with E-state index in [9.17, 15) is 0 Å². The molecule has 0 amide bonds. The van der Waals surface area contributed by atoms with Gasteiger partial charge < -0.3 is 10.3 Å². The number of H-pyrrole nitrogens is 1. The number of nitrogens with zero attached hydrogens (tertiary/aromatic N) is 1. The van der Waals surface area contributed by atoms with Gasteiger partial charge in [0.05, 0.1) is 0 Å². The van der Waals surface area contributed by atoms with Crippen molar-refractivity contribution in [1.82, 2.24) is 15.3 Å². The van der Waals surface area contributed by atoms with Crippen LogP contribution in [0.15, 0.2) is 6.20 Å². The maximum atomic E-state index is 4.30. The van der Waals surface area contributed by atoms with Crippen LogP contribution in [-0.2, 0) is 6.54 Å². The Morgan fingerprint density at radius 3 is 2.54 bits per heavy atom. The molecule has 0 spiro atoms. The molecule has 1 aromatic heterocycles. The maximum absolute atomic E-state index is 4.30. The van der Waals surface area contributed by atoms with E-state index >= 15 is 0 Å². The van der Waals surface area contributed by atoms with Crippen molar-refractivity contribution in [3.8, 4) is 0 Å². The van der Waals surface area contributed by atoms with Crippen LogP contribution in [0.1, 0.15) is 45.1 Å². The molecule has 13 heavy (non-hydrogen) atoms. The van der Waals surface area contributed by atoms with Crippen LogP contribution < -0.4 is 5.32 Å². The molecule has 1 rings (SSSR count). The van der Waals surface area contributed by atoms with Gasteiger partial charge in [-0.05, 0) is 0 Å². The van der Waals surface area contributed by atoms with Gasteiger partial charge in [0.1, 0.15) is 5.82 Å². The summed E-state index contributed by atoms with van der Waals surface area (Å²) in [5.74, 6) is 1.55. The number of rotatable bonds is 4. The molecule has 0 aliphatic heterocycles. The van der Waals surface area contributed by atoms with Crippen molar-refractivity contribution in [1.29, 1.82) is 0 Å². The van der Waals surface area contributed by atoms with Crippen molar-refractivity contribution in [2.75, 3.05) is 0 Å². The summed E-state index contributed by atoms with van der Waals surface area (Å²) in [7, 11) is 0. The lowest BCUT2D eigenvalue weighted by molar-refractivity contribution is 0.581. The summed E-state index contributed by atoms with van der Waals surface area (Å²) in [6.45, 7) is 9.42. The molecule has 1 aromatic rings. The third-order valence-electron chi connectivity index (χ3n) is 1.90. The van der Waals surface area contributed by atoms with Crippen LogP contribution in [0.25, 0.3) is 0 Å². The van der Waals surface area contributed by atoms with Crippen molar-refractivity contribution < 1.29 is 0 Å². The van der Waals surface area contributed by atoms with Gasteiger partial charge in [-0.25, -0.2) is 4.98 Å². The predicted molar refractivity (Wildman–Crippen MR) is 54.7 cm³/mol. The molecule has 74 valence electrons. The maximum Gasteiger partial charge on any atom is 0.108 e. The number of imidazole rings is 1. The Morgan fingerprint density at radius 1 is 1.38 bits per heavy atom. The number of hydrogen-bond donors (Lipinski definition) is 2. The van der Waals surface area contributed by atoms with E-state index in [1.165, 1.54) is 0 Å². The van der Waals surface area contributed by atoms with Gasteiger partial charge in [0, 0.05) is 30.4 Å². The number of nitrogens with one attached hydrogen (secondary N) is 2. The van der Waals surface area contributed by atoms with Crippen LogP contribution in [0.3, 0.4) is 0 Å². The molecule has 0 saturated heterocycles. The molecular weight excluding hydrogens is 162 g/mol. The lowest BCUT2D eigenvalue weighted by Crippen LogP contribution is -2.21. The fourth-order valence-electron chi connectivity index (χ4n) is 1.07. The SMILES string of the molecule is CC(C)NCc1cnc(C(C)C)[nH]1. The zero-order valence-corrected chi connectivity index (χ0v) is 8.89. The summed E-state index contributed by atoms with van der Waals surface area (Å²) in [5.41, 5.74) is 1.16. The minimum Gasteiger partial charge on any atom is -0.345 e. The topological polar surface area (TPSA) is 40.7 Å². The van der Waals surface area contributed by atoms with E-state index < -0.39 is 0 Å². The first-order valence-electron chi connectivity index (χ1n) is 4.86. The average Bonchev–Trinajstić information content (AvgIpc) is 2.48. The third-order valence-corrected chi connectivity index (χ3v) is 1.90. The highest BCUT2D eigenvalue weighted by molar-refractivity contribution is 5.03. The number of hydrogen-bond acceptors (Lipinski definition) is 2. The summed E-state index contributed by atoms with van der Waals surface area (Å²) in [6.07, 6.45) is 1.91. The van der Waals surface area contributed by atoms with E-state index in [-0.39, 0.29) is 0 Å². The fraction of sp³-hybridized carbons (Fsp3) is 0.700. The largest absolute Gasteiger partial charge is 0.345 e. The fourth-order valence-corrected chi connectivity index (χ4v) is 1.07. The Balaban J connectivity index is 2.49. The first-order chi connectivity index (χ1) is 6.09. The lowest BCUT2D eigenvalue weighted by atomic mass is 10.2. The third kappa shape index (κ3) is 3.19. The highest BCUT2D eigenvalue weighted by Gasteiger charge is 2.04.